The summed E-state index contributed by atoms with van der Waals surface area (Å²) >= 11 is 4.43. The second-order valence-corrected chi connectivity index (χ2v) is 4.95. The zero-order valence-corrected chi connectivity index (χ0v) is 10.4. The van der Waals surface area contributed by atoms with E-state index in [0.717, 1.165) is 4.88 Å². The summed E-state index contributed by atoms with van der Waals surface area (Å²) in [6, 6.07) is 8.46. The van der Waals surface area contributed by atoms with Crippen LogP contribution in [0.3, 0.4) is 0 Å². The zero-order valence-electron chi connectivity index (χ0n) is 8.00. The van der Waals surface area contributed by atoms with Crippen molar-refractivity contribution in [2.75, 3.05) is 5.73 Å². The number of hydrogen-bond donors (Lipinski definition) is 1. The first-order valence-electron chi connectivity index (χ1n) is 4.37. The summed E-state index contributed by atoms with van der Waals surface area (Å²) in [4.78, 5) is 1.23. The van der Waals surface area contributed by atoms with E-state index in [4.69, 9.17) is 11.0 Å². The van der Waals surface area contributed by atoms with Crippen molar-refractivity contribution in [3.63, 3.8) is 0 Å². The number of nitrogen functional groups attached to an aromatic ring is 1. The fraction of sp³-hybridized carbons (Fsp3) is 0. The maximum Gasteiger partial charge on any atom is 0.138 e. The van der Waals surface area contributed by atoms with E-state index in [9.17, 15) is 4.39 Å². The molecule has 0 unspecified atom stereocenters. The molecule has 1 aromatic heterocycles. The highest BCUT2D eigenvalue weighted by Crippen LogP contribution is 2.37. The van der Waals surface area contributed by atoms with Crippen LogP contribution in [0.1, 0.15) is 4.88 Å². The number of nitriles is 1. The van der Waals surface area contributed by atoms with Crippen molar-refractivity contribution < 1.29 is 4.39 Å². The molecule has 0 aliphatic heterocycles. The second kappa shape index (κ2) is 4.24. The van der Waals surface area contributed by atoms with E-state index in [-0.39, 0.29) is 5.82 Å². The largest absolute Gasteiger partial charge is 0.397 e. The fourth-order valence-electron chi connectivity index (χ4n) is 1.32. The second-order valence-electron chi connectivity index (χ2n) is 3.11. The lowest BCUT2D eigenvalue weighted by Gasteiger charge is -2.01. The third-order valence-corrected chi connectivity index (χ3v) is 3.97. The lowest BCUT2D eigenvalue weighted by Crippen LogP contribution is -1.82. The van der Waals surface area contributed by atoms with Gasteiger partial charge in [0.2, 0.25) is 0 Å². The molecule has 0 fully saturated rings. The van der Waals surface area contributed by atoms with Gasteiger partial charge in [0.25, 0.3) is 0 Å². The van der Waals surface area contributed by atoms with E-state index in [1.807, 2.05) is 6.07 Å². The molecule has 1 aromatic carbocycles. The number of hydrogen-bond acceptors (Lipinski definition) is 3. The highest BCUT2D eigenvalue weighted by molar-refractivity contribution is 9.10. The van der Waals surface area contributed by atoms with Gasteiger partial charge in [-0.05, 0) is 28.1 Å². The third-order valence-electron chi connectivity index (χ3n) is 2.08. The van der Waals surface area contributed by atoms with Gasteiger partial charge in [-0.2, -0.15) is 5.26 Å². The van der Waals surface area contributed by atoms with Crippen LogP contribution in [0.15, 0.2) is 28.7 Å². The fourth-order valence-corrected chi connectivity index (χ4v) is 2.84. The molecular formula is C11H6BrFN2S. The number of thiophene rings is 1. The van der Waals surface area contributed by atoms with Crippen molar-refractivity contribution in [2.24, 2.45) is 0 Å². The average Bonchev–Trinajstić information content (AvgIpc) is 2.63. The molecule has 0 aliphatic rings. The van der Waals surface area contributed by atoms with E-state index in [1.165, 1.54) is 17.4 Å². The summed E-state index contributed by atoms with van der Waals surface area (Å²) in [6.45, 7) is 0. The molecule has 1 heterocycles. The number of nitrogens with zero attached hydrogens (tertiary/aromatic N) is 1. The summed E-state index contributed by atoms with van der Waals surface area (Å²) in [6.07, 6.45) is 0. The number of rotatable bonds is 1. The number of nitrogens with two attached hydrogens (primary N) is 1. The first kappa shape index (κ1) is 11.1. The van der Waals surface area contributed by atoms with Crippen LogP contribution >= 0.6 is 27.3 Å². The Kier molecular flexibility index (Phi) is 2.95. The van der Waals surface area contributed by atoms with E-state index in [1.54, 1.807) is 18.2 Å². The van der Waals surface area contributed by atoms with Gasteiger partial charge >= 0.3 is 0 Å². The molecule has 0 atom stereocenters. The van der Waals surface area contributed by atoms with Crippen LogP contribution < -0.4 is 5.73 Å². The standard InChI is InChI=1S/C11H6BrFN2S/c12-11-6(2-1-3-7(11)13)9-4-8(15)10(5-14)16-9/h1-4H,15H2. The van der Waals surface area contributed by atoms with E-state index >= 15 is 0 Å². The molecule has 80 valence electrons. The Morgan fingerprint density at radius 1 is 1.44 bits per heavy atom. The van der Waals surface area contributed by atoms with Crippen molar-refractivity contribution >= 4 is 33.0 Å². The molecule has 2 aromatic rings. The summed E-state index contributed by atoms with van der Waals surface area (Å²) in [5, 5.41) is 8.80. The minimum atomic E-state index is -0.331. The summed E-state index contributed by atoms with van der Waals surface area (Å²) in [5.74, 6) is -0.331. The van der Waals surface area contributed by atoms with E-state index in [0.29, 0.717) is 20.6 Å². The molecule has 0 spiro atoms. The average molecular weight is 297 g/mol. The van der Waals surface area contributed by atoms with E-state index in [2.05, 4.69) is 15.9 Å². The Balaban J connectivity index is 2.60. The zero-order chi connectivity index (χ0) is 11.7. The first-order chi connectivity index (χ1) is 7.63. The van der Waals surface area contributed by atoms with Crippen LogP contribution in [0.4, 0.5) is 10.1 Å². The minimum Gasteiger partial charge on any atom is -0.397 e. The van der Waals surface area contributed by atoms with Crippen molar-refractivity contribution in [3.8, 4) is 16.5 Å². The molecule has 0 saturated carbocycles. The van der Waals surface area contributed by atoms with Crippen molar-refractivity contribution in [3.05, 3.63) is 39.4 Å². The van der Waals surface area contributed by atoms with Gasteiger partial charge in [-0.25, -0.2) is 4.39 Å². The van der Waals surface area contributed by atoms with Gasteiger partial charge in [0.15, 0.2) is 0 Å². The summed E-state index contributed by atoms with van der Waals surface area (Å²) in [7, 11) is 0. The third kappa shape index (κ3) is 1.82. The molecule has 0 aliphatic carbocycles. The molecule has 16 heavy (non-hydrogen) atoms. The highest BCUT2D eigenvalue weighted by Gasteiger charge is 2.12. The molecule has 5 heteroatoms. The van der Waals surface area contributed by atoms with Crippen LogP contribution in [0.2, 0.25) is 0 Å². The molecule has 2 N–H and O–H groups in total. The Bertz CT molecular complexity index is 586. The molecule has 0 bridgehead atoms. The maximum absolute atomic E-state index is 13.3. The smallest absolute Gasteiger partial charge is 0.138 e. The van der Waals surface area contributed by atoms with Gasteiger partial charge in [-0.1, -0.05) is 12.1 Å². The predicted octanol–water partition coefficient (Wildman–Crippen LogP) is 3.77. The van der Waals surface area contributed by atoms with Crippen molar-refractivity contribution in [1.29, 1.82) is 5.26 Å². The van der Waals surface area contributed by atoms with Gasteiger partial charge in [0.05, 0.1) is 10.2 Å². The quantitative estimate of drug-likeness (QED) is 0.871. The topological polar surface area (TPSA) is 49.8 Å². The lowest BCUT2D eigenvalue weighted by atomic mass is 10.2. The Morgan fingerprint density at radius 2 is 2.19 bits per heavy atom. The van der Waals surface area contributed by atoms with Crippen LogP contribution in [0, 0.1) is 17.1 Å². The monoisotopic (exact) mass is 296 g/mol. The SMILES string of the molecule is N#Cc1sc(-c2cccc(F)c2Br)cc1N. The van der Waals surface area contributed by atoms with Gasteiger partial charge in [-0.3, -0.25) is 0 Å². The molecule has 2 rings (SSSR count). The normalized spacial score (nSPS) is 10.1. The van der Waals surface area contributed by atoms with Crippen molar-refractivity contribution in [2.45, 2.75) is 0 Å². The summed E-state index contributed by atoms with van der Waals surface area (Å²) < 4.78 is 13.7. The van der Waals surface area contributed by atoms with Gasteiger partial charge in [0, 0.05) is 10.4 Å². The molecule has 0 saturated heterocycles. The van der Waals surface area contributed by atoms with Gasteiger partial charge < -0.3 is 5.73 Å². The van der Waals surface area contributed by atoms with Crippen molar-refractivity contribution in [1.82, 2.24) is 0 Å². The number of benzene rings is 1. The Hall–Kier alpha value is -1.38. The first-order valence-corrected chi connectivity index (χ1v) is 5.98. The van der Waals surface area contributed by atoms with Crippen LogP contribution in [-0.2, 0) is 0 Å². The minimum absolute atomic E-state index is 0.331. The van der Waals surface area contributed by atoms with Crippen LogP contribution in [0.5, 0.6) is 0 Å². The highest BCUT2D eigenvalue weighted by atomic mass is 79.9. The number of halogens is 2. The molecule has 0 radical (unpaired) electrons. The summed E-state index contributed by atoms with van der Waals surface area (Å²) in [5.41, 5.74) is 6.79. The molecule has 2 nitrogen and oxygen atoms in total. The maximum atomic E-state index is 13.3. The molecular weight excluding hydrogens is 291 g/mol. The molecule has 0 amide bonds. The number of anilines is 1. The lowest BCUT2D eigenvalue weighted by molar-refractivity contribution is 0.622. The Labute approximate surface area is 104 Å². The van der Waals surface area contributed by atoms with E-state index < -0.39 is 0 Å². The van der Waals surface area contributed by atoms with Crippen LogP contribution in [0.25, 0.3) is 10.4 Å². The van der Waals surface area contributed by atoms with Gasteiger partial charge in [-0.15, -0.1) is 11.3 Å². The van der Waals surface area contributed by atoms with Gasteiger partial charge in [0.1, 0.15) is 16.8 Å². The Morgan fingerprint density at radius 3 is 2.81 bits per heavy atom. The van der Waals surface area contributed by atoms with Crippen LogP contribution in [-0.4, -0.2) is 0 Å². The predicted molar refractivity (Wildman–Crippen MR) is 66.5 cm³/mol.